The highest BCUT2D eigenvalue weighted by molar-refractivity contribution is 5.77. The molecule has 0 heterocycles. The molecule has 1 aliphatic rings. The monoisotopic (exact) mass is 268 g/mol. The molecule has 1 rings (SSSR count). The van der Waals surface area contributed by atoms with Crippen molar-refractivity contribution in [1.82, 2.24) is 10.2 Å². The van der Waals surface area contributed by atoms with Crippen LogP contribution in [-0.2, 0) is 4.79 Å². The lowest BCUT2D eigenvalue weighted by Crippen LogP contribution is -2.53. The Morgan fingerprint density at radius 2 is 1.95 bits per heavy atom. The standard InChI is InChI=1S/C14H24N2O3/c1-4-16(10-11(2)3)13(19)15-14(9-12(17)18)7-5-6-8-14/h2,4-10H2,1,3H3,(H,15,19)(H,17,18). The number of hydrogen-bond acceptors (Lipinski definition) is 2. The second kappa shape index (κ2) is 6.59. The van der Waals surface area contributed by atoms with Gasteiger partial charge in [0.25, 0.3) is 0 Å². The topological polar surface area (TPSA) is 69.6 Å². The number of hydrogen-bond donors (Lipinski definition) is 2. The fourth-order valence-electron chi connectivity index (χ4n) is 2.65. The number of carbonyl (C=O) groups is 2. The third-order valence-electron chi connectivity index (χ3n) is 3.55. The number of carbonyl (C=O) groups excluding carboxylic acids is 1. The van der Waals surface area contributed by atoms with Gasteiger partial charge in [0.05, 0.1) is 12.0 Å². The summed E-state index contributed by atoms with van der Waals surface area (Å²) in [5.74, 6) is -0.856. The van der Waals surface area contributed by atoms with Gasteiger partial charge in [-0.1, -0.05) is 25.0 Å². The summed E-state index contributed by atoms with van der Waals surface area (Å²) >= 11 is 0. The molecule has 1 saturated carbocycles. The molecule has 5 heteroatoms. The van der Waals surface area contributed by atoms with Crippen LogP contribution in [0.25, 0.3) is 0 Å². The normalized spacial score (nSPS) is 16.9. The van der Waals surface area contributed by atoms with Gasteiger partial charge in [0.15, 0.2) is 0 Å². The maximum absolute atomic E-state index is 12.2. The van der Waals surface area contributed by atoms with E-state index in [0.29, 0.717) is 13.1 Å². The summed E-state index contributed by atoms with van der Waals surface area (Å²) in [7, 11) is 0. The molecular formula is C14H24N2O3. The van der Waals surface area contributed by atoms with Crippen molar-refractivity contribution in [3.63, 3.8) is 0 Å². The number of likely N-dealkylation sites (N-methyl/N-ethyl adjacent to an activating group) is 1. The van der Waals surface area contributed by atoms with Crippen LogP contribution in [0.4, 0.5) is 4.79 Å². The Bertz CT molecular complexity index is 360. The number of carboxylic acids is 1. The summed E-state index contributed by atoms with van der Waals surface area (Å²) in [6.45, 7) is 8.67. The molecule has 0 aromatic heterocycles. The second-order valence-electron chi connectivity index (χ2n) is 5.46. The smallest absolute Gasteiger partial charge is 0.318 e. The Hall–Kier alpha value is -1.52. The third-order valence-corrected chi connectivity index (χ3v) is 3.55. The van der Waals surface area contributed by atoms with Crippen molar-refractivity contribution in [2.75, 3.05) is 13.1 Å². The van der Waals surface area contributed by atoms with E-state index in [2.05, 4.69) is 11.9 Å². The van der Waals surface area contributed by atoms with Gasteiger partial charge in [0.1, 0.15) is 0 Å². The molecule has 19 heavy (non-hydrogen) atoms. The molecule has 1 fully saturated rings. The van der Waals surface area contributed by atoms with E-state index in [1.54, 1.807) is 4.90 Å². The maximum atomic E-state index is 12.2. The molecule has 108 valence electrons. The molecule has 0 radical (unpaired) electrons. The molecular weight excluding hydrogens is 244 g/mol. The first-order valence-corrected chi connectivity index (χ1v) is 6.82. The number of urea groups is 1. The Morgan fingerprint density at radius 1 is 1.37 bits per heavy atom. The zero-order valence-corrected chi connectivity index (χ0v) is 11.9. The summed E-state index contributed by atoms with van der Waals surface area (Å²) in [5, 5.41) is 12.0. The first-order valence-electron chi connectivity index (χ1n) is 6.82. The van der Waals surface area contributed by atoms with Gasteiger partial charge < -0.3 is 15.3 Å². The van der Waals surface area contributed by atoms with Crippen LogP contribution in [-0.4, -0.2) is 40.6 Å². The molecule has 5 nitrogen and oxygen atoms in total. The number of carboxylic acid groups (broad SMARTS) is 1. The van der Waals surface area contributed by atoms with Gasteiger partial charge in [-0.3, -0.25) is 4.79 Å². The summed E-state index contributed by atoms with van der Waals surface area (Å²) in [4.78, 5) is 24.9. The first-order chi connectivity index (χ1) is 8.88. The van der Waals surface area contributed by atoms with Crippen LogP contribution in [0.5, 0.6) is 0 Å². The summed E-state index contributed by atoms with van der Waals surface area (Å²) in [6.07, 6.45) is 3.44. The van der Waals surface area contributed by atoms with Crippen molar-refractivity contribution in [2.24, 2.45) is 0 Å². The Labute approximate surface area is 114 Å². The van der Waals surface area contributed by atoms with E-state index in [9.17, 15) is 9.59 Å². The van der Waals surface area contributed by atoms with Gasteiger partial charge >= 0.3 is 12.0 Å². The predicted molar refractivity (Wildman–Crippen MR) is 74.0 cm³/mol. The van der Waals surface area contributed by atoms with Crippen LogP contribution in [0.3, 0.4) is 0 Å². The number of amides is 2. The van der Waals surface area contributed by atoms with Gasteiger partial charge in [0.2, 0.25) is 0 Å². The van der Waals surface area contributed by atoms with Gasteiger partial charge in [0, 0.05) is 13.1 Å². The van der Waals surface area contributed by atoms with Crippen LogP contribution in [0, 0.1) is 0 Å². The molecule has 0 bridgehead atoms. The van der Waals surface area contributed by atoms with Crippen LogP contribution >= 0.6 is 0 Å². The van der Waals surface area contributed by atoms with E-state index in [-0.39, 0.29) is 12.5 Å². The first kappa shape index (κ1) is 15.5. The molecule has 2 amide bonds. The fraction of sp³-hybridized carbons (Fsp3) is 0.714. The summed E-state index contributed by atoms with van der Waals surface area (Å²) < 4.78 is 0. The molecule has 0 atom stereocenters. The van der Waals surface area contributed by atoms with E-state index in [1.165, 1.54) is 0 Å². The van der Waals surface area contributed by atoms with E-state index in [4.69, 9.17) is 5.11 Å². The quantitative estimate of drug-likeness (QED) is 0.727. The van der Waals surface area contributed by atoms with Crippen molar-refractivity contribution in [1.29, 1.82) is 0 Å². The minimum absolute atomic E-state index is 0.00334. The van der Waals surface area contributed by atoms with Gasteiger partial charge in [-0.25, -0.2) is 4.79 Å². The van der Waals surface area contributed by atoms with E-state index < -0.39 is 11.5 Å². The lowest BCUT2D eigenvalue weighted by atomic mass is 9.93. The third kappa shape index (κ3) is 4.58. The van der Waals surface area contributed by atoms with Crippen LogP contribution in [0.2, 0.25) is 0 Å². The van der Waals surface area contributed by atoms with E-state index >= 15 is 0 Å². The average molecular weight is 268 g/mol. The highest BCUT2D eigenvalue weighted by Gasteiger charge is 2.38. The van der Waals surface area contributed by atoms with Crippen molar-refractivity contribution in [3.05, 3.63) is 12.2 Å². The minimum atomic E-state index is -0.856. The molecule has 2 N–H and O–H groups in total. The van der Waals surface area contributed by atoms with Crippen molar-refractivity contribution >= 4 is 12.0 Å². The molecule has 0 spiro atoms. The highest BCUT2D eigenvalue weighted by Crippen LogP contribution is 2.32. The fourth-order valence-corrected chi connectivity index (χ4v) is 2.65. The number of nitrogens with one attached hydrogen (secondary N) is 1. The maximum Gasteiger partial charge on any atom is 0.318 e. The highest BCUT2D eigenvalue weighted by atomic mass is 16.4. The lowest BCUT2D eigenvalue weighted by Gasteiger charge is -2.32. The van der Waals surface area contributed by atoms with Crippen molar-refractivity contribution < 1.29 is 14.7 Å². The molecule has 0 aliphatic heterocycles. The van der Waals surface area contributed by atoms with Crippen molar-refractivity contribution in [2.45, 2.75) is 51.5 Å². The molecule has 0 aromatic rings. The van der Waals surface area contributed by atoms with Crippen molar-refractivity contribution in [3.8, 4) is 0 Å². The number of aliphatic carboxylic acids is 1. The number of nitrogens with zero attached hydrogens (tertiary/aromatic N) is 1. The molecule has 0 unspecified atom stereocenters. The van der Waals surface area contributed by atoms with Gasteiger partial charge in [-0.05, 0) is 26.7 Å². The van der Waals surface area contributed by atoms with Crippen LogP contribution in [0.15, 0.2) is 12.2 Å². The molecule has 1 aliphatic carbocycles. The molecule has 0 saturated heterocycles. The average Bonchev–Trinajstić information content (AvgIpc) is 2.72. The van der Waals surface area contributed by atoms with Gasteiger partial charge in [-0.15, -0.1) is 0 Å². The summed E-state index contributed by atoms with van der Waals surface area (Å²) in [5.41, 5.74) is 0.349. The van der Waals surface area contributed by atoms with Crippen LogP contribution in [0.1, 0.15) is 46.0 Å². The Balaban J connectivity index is 2.70. The summed E-state index contributed by atoms with van der Waals surface area (Å²) in [6, 6.07) is -0.186. The molecule has 0 aromatic carbocycles. The lowest BCUT2D eigenvalue weighted by molar-refractivity contribution is -0.138. The Morgan fingerprint density at radius 3 is 2.37 bits per heavy atom. The van der Waals surface area contributed by atoms with Gasteiger partial charge in [-0.2, -0.15) is 0 Å². The minimum Gasteiger partial charge on any atom is -0.481 e. The zero-order chi connectivity index (χ0) is 14.5. The van der Waals surface area contributed by atoms with E-state index in [1.807, 2.05) is 13.8 Å². The Kier molecular flexibility index (Phi) is 5.39. The SMILES string of the molecule is C=C(C)CN(CC)C(=O)NC1(CC(=O)O)CCCC1. The van der Waals surface area contributed by atoms with Crippen LogP contribution < -0.4 is 5.32 Å². The van der Waals surface area contributed by atoms with E-state index in [0.717, 1.165) is 31.3 Å². The second-order valence-corrected chi connectivity index (χ2v) is 5.46. The number of rotatable bonds is 6. The zero-order valence-electron chi connectivity index (χ0n) is 11.9. The predicted octanol–water partition coefficient (Wildman–Crippen LogP) is 2.38. The largest absolute Gasteiger partial charge is 0.481 e.